The molecular formula is C20H30N6O. The number of hydrogen-bond donors (Lipinski definition) is 0. The topological polar surface area (TPSA) is 59.3 Å². The maximum Gasteiger partial charge on any atom is 0.169 e. The third-order valence-corrected chi connectivity index (χ3v) is 5.96. The van der Waals surface area contributed by atoms with E-state index in [1.165, 1.54) is 24.9 Å². The zero-order valence-corrected chi connectivity index (χ0v) is 16.6. The molecule has 3 heterocycles. The van der Waals surface area contributed by atoms with Gasteiger partial charge in [0.2, 0.25) is 0 Å². The lowest BCUT2D eigenvalue weighted by atomic mass is 9.99. The molecule has 0 aliphatic carbocycles. The van der Waals surface area contributed by atoms with Crippen LogP contribution < -0.4 is 4.74 Å². The molecule has 2 aliphatic rings. The number of hydrogen-bond acceptors (Lipinski definition) is 6. The Balaban J connectivity index is 1.54. The van der Waals surface area contributed by atoms with Crippen LogP contribution >= 0.6 is 0 Å². The van der Waals surface area contributed by atoms with Crippen LogP contribution in [0.15, 0.2) is 24.3 Å². The third-order valence-electron chi connectivity index (χ3n) is 5.96. The number of nitrogens with zero attached hydrogens (tertiary/aromatic N) is 6. The number of piperazine rings is 1. The van der Waals surface area contributed by atoms with E-state index < -0.39 is 0 Å². The standard InChI is InChI=1S/C20H30N6O/c1-15(2)19(25-12-11-24-10-4-5-17(24)14-25)20-21-22-23-26(20)13-16-6-8-18(27-3)9-7-16/h6-9,15,17,19H,4-5,10-14H2,1-3H3. The summed E-state index contributed by atoms with van der Waals surface area (Å²) in [5.74, 6) is 2.30. The summed E-state index contributed by atoms with van der Waals surface area (Å²) >= 11 is 0. The van der Waals surface area contributed by atoms with Crippen molar-refractivity contribution in [3.63, 3.8) is 0 Å². The number of rotatable bonds is 6. The van der Waals surface area contributed by atoms with Crippen molar-refractivity contribution in [3.05, 3.63) is 35.7 Å². The Morgan fingerprint density at radius 1 is 1.15 bits per heavy atom. The number of benzene rings is 1. The molecule has 2 unspecified atom stereocenters. The first kappa shape index (κ1) is 18.4. The van der Waals surface area contributed by atoms with Gasteiger partial charge in [0, 0.05) is 25.7 Å². The van der Waals surface area contributed by atoms with E-state index in [0.29, 0.717) is 18.5 Å². The molecule has 1 aromatic carbocycles. The molecule has 27 heavy (non-hydrogen) atoms. The fourth-order valence-corrected chi connectivity index (χ4v) is 4.59. The van der Waals surface area contributed by atoms with Gasteiger partial charge in [-0.2, -0.15) is 0 Å². The van der Waals surface area contributed by atoms with Crippen LogP contribution in [0.4, 0.5) is 0 Å². The van der Waals surface area contributed by atoms with Gasteiger partial charge in [0.05, 0.1) is 19.7 Å². The molecule has 2 fully saturated rings. The Morgan fingerprint density at radius 3 is 2.70 bits per heavy atom. The lowest BCUT2D eigenvalue weighted by molar-refractivity contribution is 0.0487. The Kier molecular flexibility index (Phi) is 5.41. The van der Waals surface area contributed by atoms with Gasteiger partial charge >= 0.3 is 0 Å². The molecule has 2 atom stereocenters. The lowest BCUT2D eigenvalue weighted by Gasteiger charge is -2.42. The van der Waals surface area contributed by atoms with Crippen molar-refractivity contribution in [2.24, 2.45) is 5.92 Å². The van der Waals surface area contributed by atoms with Crippen LogP contribution in [-0.2, 0) is 6.54 Å². The molecule has 0 spiro atoms. The smallest absolute Gasteiger partial charge is 0.169 e. The van der Waals surface area contributed by atoms with Crippen molar-refractivity contribution >= 4 is 0 Å². The second-order valence-electron chi connectivity index (χ2n) is 8.06. The minimum Gasteiger partial charge on any atom is -0.497 e. The zero-order chi connectivity index (χ0) is 18.8. The van der Waals surface area contributed by atoms with Gasteiger partial charge in [-0.3, -0.25) is 9.80 Å². The van der Waals surface area contributed by atoms with Crippen molar-refractivity contribution < 1.29 is 4.74 Å². The van der Waals surface area contributed by atoms with Crippen LogP contribution in [0.3, 0.4) is 0 Å². The molecule has 146 valence electrons. The third kappa shape index (κ3) is 3.84. The maximum absolute atomic E-state index is 5.25. The van der Waals surface area contributed by atoms with Crippen molar-refractivity contribution in [1.82, 2.24) is 30.0 Å². The summed E-state index contributed by atoms with van der Waals surface area (Å²) < 4.78 is 7.22. The molecule has 0 N–H and O–H groups in total. The molecule has 2 aliphatic heterocycles. The van der Waals surface area contributed by atoms with E-state index in [1.807, 2.05) is 16.8 Å². The molecule has 0 bridgehead atoms. The number of fused-ring (bicyclic) bond motifs is 1. The highest BCUT2D eigenvalue weighted by molar-refractivity contribution is 5.27. The molecule has 2 aromatic rings. The monoisotopic (exact) mass is 370 g/mol. The van der Waals surface area contributed by atoms with Gasteiger partial charge in [-0.25, -0.2) is 4.68 Å². The molecule has 4 rings (SSSR count). The van der Waals surface area contributed by atoms with Crippen LogP contribution in [0.1, 0.15) is 44.1 Å². The highest BCUT2D eigenvalue weighted by Gasteiger charge is 2.36. The van der Waals surface area contributed by atoms with Crippen LogP contribution in [0.5, 0.6) is 5.75 Å². The van der Waals surface area contributed by atoms with E-state index in [-0.39, 0.29) is 6.04 Å². The second kappa shape index (κ2) is 7.94. The van der Waals surface area contributed by atoms with Gasteiger partial charge in [0.1, 0.15) is 5.75 Å². The van der Waals surface area contributed by atoms with E-state index in [2.05, 4.69) is 51.3 Å². The van der Waals surface area contributed by atoms with Gasteiger partial charge in [-0.1, -0.05) is 26.0 Å². The first-order valence-corrected chi connectivity index (χ1v) is 10.0. The zero-order valence-electron chi connectivity index (χ0n) is 16.6. The largest absolute Gasteiger partial charge is 0.497 e. The Bertz CT molecular complexity index is 743. The first-order valence-electron chi connectivity index (χ1n) is 10.0. The minimum atomic E-state index is 0.251. The highest BCUT2D eigenvalue weighted by Crippen LogP contribution is 2.32. The first-order chi connectivity index (χ1) is 13.2. The van der Waals surface area contributed by atoms with Gasteiger partial charge in [-0.05, 0) is 53.4 Å². The van der Waals surface area contributed by atoms with Crippen LogP contribution in [0.2, 0.25) is 0 Å². The van der Waals surface area contributed by atoms with E-state index >= 15 is 0 Å². The van der Waals surface area contributed by atoms with Crippen LogP contribution in [-0.4, -0.2) is 69.3 Å². The van der Waals surface area contributed by atoms with Crippen molar-refractivity contribution in [3.8, 4) is 5.75 Å². The summed E-state index contributed by atoms with van der Waals surface area (Å²) in [4.78, 5) is 5.25. The van der Waals surface area contributed by atoms with Gasteiger partial charge < -0.3 is 4.74 Å². The Hall–Kier alpha value is -1.99. The van der Waals surface area contributed by atoms with Crippen LogP contribution in [0.25, 0.3) is 0 Å². The summed E-state index contributed by atoms with van der Waals surface area (Å²) in [7, 11) is 1.69. The normalized spacial score (nSPS) is 22.1. The Labute approximate surface area is 161 Å². The molecule has 7 heteroatoms. The highest BCUT2D eigenvalue weighted by atomic mass is 16.5. The fourth-order valence-electron chi connectivity index (χ4n) is 4.59. The molecule has 0 saturated carbocycles. The number of tetrazole rings is 1. The van der Waals surface area contributed by atoms with Crippen LogP contribution in [0, 0.1) is 5.92 Å². The van der Waals surface area contributed by atoms with Gasteiger partial charge in [0.25, 0.3) is 0 Å². The summed E-state index contributed by atoms with van der Waals surface area (Å²) in [6.07, 6.45) is 2.65. The summed E-state index contributed by atoms with van der Waals surface area (Å²) in [6.45, 7) is 9.87. The van der Waals surface area contributed by atoms with Crippen molar-refractivity contribution in [2.45, 2.75) is 45.3 Å². The van der Waals surface area contributed by atoms with E-state index in [4.69, 9.17) is 4.74 Å². The van der Waals surface area contributed by atoms with E-state index in [1.54, 1.807) is 7.11 Å². The lowest BCUT2D eigenvalue weighted by Crippen LogP contribution is -2.52. The molecule has 1 aromatic heterocycles. The quantitative estimate of drug-likeness (QED) is 0.777. The summed E-state index contributed by atoms with van der Waals surface area (Å²) in [6, 6.07) is 9.07. The van der Waals surface area contributed by atoms with Crippen molar-refractivity contribution in [2.75, 3.05) is 33.3 Å². The van der Waals surface area contributed by atoms with E-state index in [9.17, 15) is 0 Å². The number of aromatic nitrogens is 4. The molecule has 0 radical (unpaired) electrons. The fraction of sp³-hybridized carbons (Fsp3) is 0.650. The molecule has 7 nitrogen and oxygen atoms in total. The van der Waals surface area contributed by atoms with Gasteiger partial charge in [-0.15, -0.1) is 5.10 Å². The maximum atomic E-state index is 5.25. The van der Waals surface area contributed by atoms with Crippen molar-refractivity contribution in [1.29, 1.82) is 0 Å². The minimum absolute atomic E-state index is 0.251. The number of ether oxygens (including phenoxy) is 1. The average Bonchev–Trinajstić information content (AvgIpc) is 3.32. The molecule has 0 amide bonds. The summed E-state index contributed by atoms with van der Waals surface area (Å²) in [5.41, 5.74) is 1.17. The molecular weight excluding hydrogens is 340 g/mol. The number of methoxy groups -OCH3 is 1. The molecule has 2 saturated heterocycles. The van der Waals surface area contributed by atoms with E-state index in [0.717, 1.165) is 31.2 Å². The average molecular weight is 371 g/mol. The summed E-state index contributed by atoms with van der Waals surface area (Å²) in [5, 5.41) is 12.8. The second-order valence-corrected chi connectivity index (χ2v) is 8.06. The SMILES string of the molecule is COc1ccc(Cn2nnnc2C(C(C)C)N2CCN3CCCC3C2)cc1. The predicted molar refractivity (Wildman–Crippen MR) is 104 cm³/mol. The predicted octanol–water partition coefficient (Wildman–Crippen LogP) is 2.21. The van der Waals surface area contributed by atoms with Gasteiger partial charge in [0.15, 0.2) is 5.82 Å². The Morgan fingerprint density at radius 2 is 1.96 bits per heavy atom.